The number of halogens is 6. The van der Waals surface area contributed by atoms with E-state index in [0.717, 1.165) is 4.90 Å². The summed E-state index contributed by atoms with van der Waals surface area (Å²) in [7, 11) is 1.32. The number of alkyl halides is 3. The van der Waals surface area contributed by atoms with Crippen molar-refractivity contribution in [2.24, 2.45) is 23.7 Å². The fourth-order valence-electron chi connectivity index (χ4n) is 8.91. The molecule has 4 aromatic rings. The van der Waals surface area contributed by atoms with Crippen molar-refractivity contribution in [2.75, 3.05) is 17.4 Å². The Labute approximate surface area is 326 Å². The summed E-state index contributed by atoms with van der Waals surface area (Å²) in [6.07, 6.45) is -2.35. The number of hydrogen-bond acceptors (Lipinski definition) is 8. The molecule has 2 aliphatic carbocycles. The van der Waals surface area contributed by atoms with E-state index in [9.17, 15) is 32.7 Å². The second kappa shape index (κ2) is 13.3. The van der Waals surface area contributed by atoms with Crippen LogP contribution in [0, 0.1) is 23.7 Å². The number of aromatic nitrogens is 1. The van der Waals surface area contributed by atoms with Crippen molar-refractivity contribution in [3.8, 4) is 11.5 Å². The molecule has 282 valence electrons. The molecule has 3 heterocycles. The smallest absolute Gasteiger partial charge is 0.417 e. The highest BCUT2D eigenvalue weighted by Gasteiger charge is 2.70. The van der Waals surface area contributed by atoms with Gasteiger partial charge < -0.3 is 9.84 Å². The van der Waals surface area contributed by atoms with Crippen LogP contribution in [0.15, 0.2) is 90.6 Å². The number of fused-ring (bicyclic) bond motifs is 4. The first-order chi connectivity index (χ1) is 26.2. The molecular weight excluding hydrogens is 784 g/mol. The molecule has 1 saturated carbocycles. The molecule has 1 aromatic heterocycles. The zero-order valence-corrected chi connectivity index (χ0v) is 30.7. The van der Waals surface area contributed by atoms with E-state index in [1.807, 2.05) is 6.08 Å². The van der Waals surface area contributed by atoms with Crippen LogP contribution in [0.2, 0.25) is 15.1 Å². The number of aromatic hydroxyl groups is 1. The van der Waals surface area contributed by atoms with E-state index >= 15 is 4.79 Å². The van der Waals surface area contributed by atoms with E-state index < -0.39 is 75.4 Å². The molecule has 8 rings (SSSR count). The number of para-hydroxylation sites is 1. The topological polar surface area (TPSA) is 129 Å². The largest absolute Gasteiger partial charge is 0.503 e. The van der Waals surface area contributed by atoms with Crippen LogP contribution in [0.1, 0.15) is 35.4 Å². The Morgan fingerprint density at radius 3 is 2.27 bits per heavy atom. The van der Waals surface area contributed by atoms with Gasteiger partial charge in [0, 0.05) is 17.1 Å². The van der Waals surface area contributed by atoms with Gasteiger partial charge in [0.1, 0.15) is 0 Å². The number of allylic oxidation sites excluding steroid dienone is 2. The molecule has 2 saturated heterocycles. The Hall–Kier alpha value is -5.11. The van der Waals surface area contributed by atoms with Crippen LogP contribution in [0.5, 0.6) is 11.5 Å². The average molecular weight is 812 g/mol. The Morgan fingerprint density at radius 1 is 0.909 bits per heavy atom. The van der Waals surface area contributed by atoms with Gasteiger partial charge >= 0.3 is 6.18 Å². The average Bonchev–Trinajstić information content (AvgIpc) is 3.54. The van der Waals surface area contributed by atoms with Crippen molar-refractivity contribution in [2.45, 2.75) is 30.4 Å². The first-order valence-corrected chi connectivity index (χ1v) is 18.1. The van der Waals surface area contributed by atoms with Crippen molar-refractivity contribution < 1.29 is 42.2 Å². The maximum Gasteiger partial charge on any atom is 0.417 e. The minimum atomic E-state index is -4.77. The van der Waals surface area contributed by atoms with Crippen molar-refractivity contribution in [1.82, 2.24) is 9.99 Å². The van der Waals surface area contributed by atoms with Gasteiger partial charge in [0.05, 0.1) is 51.6 Å². The van der Waals surface area contributed by atoms with Crippen LogP contribution in [0.4, 0.5) is 24.7 Å². The molecule has 6 atom stereocenters. The molecule has 4 aliphatic rings. The Bertz CT molecular complexity index is 2330. The Morgan fingerprint density at radius 2 is 1.62 bits per heavy atom. The van der Waals surface area contributed by atoms with E-state index in [2.05, 4.69) is 10.4 Å². The number of pyridine rings is 1. The molecule has 2 N–H and O–H groups in total. The Kier molecular flexibility index (Phi) is 8.90. The van der Waals surface area contributed by atoms with Gasteiger partial charge in [0.25, 0.3) is 11.8 Å². The van der Waals surface area contributed by atoms with Gasteiger partial charge in [0.15, 0.2) is 17.3 Å². The number of hydrogen-bond donors (Lipinski definition) is 2. The number of nitrogens with one attached hydrogen (secondary N) is 1. The van der Waals surface area contributed by atoms with Gasteiger partial charge in [-0.25, -0.2) is 4.98 Å². The predicted molar refractivity (Wildman–Crippen MR) is 195 cm³/mol. The summed E-state index contributed by atoms with van der Waals surface area (Å²) in [5.41, 5.74) is 1.33. The number of phenolic OH excluding ortho intramolecular Hbond substituents is 1. The van der Waals surface area contributed by atoms with E-state index in [-0.39, 0.29) is 35.2 Å². The van der Waals surface area contributed by atoms with Crippen LogP contribution >= 0.6 is 34.8 Å². The van der Waals surface area contributed by atoms with Gasteiger partial charge in [-0.15, -0.1) is 0 Å². The molecule has 4 amide bonds. The third-order valence-corrected chi connectivity index (χ3v) is 12.0. The summed E-state index contributed by atoms with van der Waals surface area (Å²) < 4.78 is 45.9. The number of carbonyl (C=O) groups is 4. The third kappa shape index (κ3) is 5.57. The van der Waals surface area contributed by atoms with Crippen LogP contribution < -0.4 is 15.1 Å². The van der Waals surface area contributed by atoms with Crippen molar-refractivity contribution in [3.63, 3.8) is 0 Å². The monoisotopic (exact) mass is 810 g/mol. The number of imide groups is 2. The van der Waals surface area contributed by atoms with Crippen LogP contribution in [0.25, 0.3) is 0 Å². The minimum absolute atomic E-state index is 0.0309. The maximum absolute atomic E-state index is 15.3. The first kappa shape index (κ1) is 36.8. The highest BCUT2D eigenvalue weighted by molar-refractivity contribution is 6.33. The third-order valence-electron chi connectivity index (χ3n) is 11.2. The SMILES string of the molecule is COc1cc(C2C3=CCC4C(=O)N(c5ccccc5)C(=O)C4C3CC3C(=O)N(Nc4ncc(C(F)(F)F)cc4Cl)C(=O)C32c2ccc(Cl)cc2)cc(Cl)c1O. The van der Waals surface area contributed by atoms with E-state index in [1.54, 1.807) is 54.6 Å². The lowest BCUT2D eigenvalue weighted by atomic mass is 9.49. The molecule has 10 nitrogen and oxygen atoms in total. The number of carbonyl (C=O) groups excluding carboxylic acids is 4. The van der Waals surface area contributed by atoms with Gasteiger partial charge in [-0.05, 0) is 72.4 Å². The maximum atomic E-state index is 15.3. The molecule has 0 bridgehead atoms. The normalized spacial score (nSPS) is 26.1. The van der Waals surface area contributed by atoms with Crippen molar-refractivity contribution in [3.05, 3.63) is 122 Å². The van der Waals surface area contributed by atoms with E-state index in [1.165, 1.54) is 19.2 Å². The molecule has 3 fully saturated rings. The number of rotatable bonds is 6. The fourth-order valence-corrected chi connectivity index (χ4v) is 9.46. The fraction of sp³-hybridized carbons (Fsp3) is 0.256. The zero-order valence-electron chi connectivity index (χ0n) is 28.5. The van der Waals surface area contributed by atoms with Gasteiger partial charge in [-0.3, -0.25) is 29.5 Å². The van der Waals surface area contributed by atoms with E-state index in [0.29, 0.717) is 44.7 Å². The second-order valence-corrected chi connectivity index (χ2v) is 15.1. The highest BCUT2D eigenvalue weighted by Crippen LogP contribution is 2.65. The number of amides is 4. The molecule has 6 unspecified atom stereocenters. The first-order valence-electron chi connectivity index (χ1n) is 17.0. The number of benzene rings is 3. The summed E-state index contributed by atoms with van der Waals surface area (Å²) in [5, 5.41) is 11.2. The van der Waals surface area contributed by atoms with E-state index in [4.69, 9.17) is 39.5 Å². The lowest BCUT2D eigenvalue weighted by molar-refractivity contribution is -0.139. The summed E-state index contributed by atoms with van der Waals surface area (Å²) in [4.78, 5) is 63.5. The second-order valence-electron chi connectivity index (χ2n) is 13.8. The Balaban J connectivity index is 1.34. The molecule has 3 aromatic carbocycles. The summed E-state index contributed by atoms with van der Waals surface area (Å²) >= 11 is 19.2. The number of methoxy groups -OCH3 is 1. The number of nitrogens with zero attached hydrogens (tertiary/aromatic N) is 3. The molecule has 55 heavy (non-hydrogen) atoms. The molecule has 0 spiro atoms. The summed E-state index contributed by atoms with van der Waals surface area (Å²) in [5.74, 6) is -7.96. The molecule has 16 heteroatoms. The number of ether oxygens (including phenoxy) is 1. The molecule has 0 radical (unpaired) electrons. The minimum Gasteiger partial charge on any atom is -0.503 e. The quantitative estimate of drug-likeness (QED) is 0.148. The predicted octanol–water partition coefficient (Wildman–Crippen LogP) is 7.96. The molecular formula is C39H28Cl3F3N4O6. The summed E-state index contributed by atoms with van der Waals surface area (Å²) in [6, 6.07) is 18.4. The van der Waals surface area contributed by atoms with Crippen molar-refractivity contribution in [1.29, 1.82) is 0 Å². The summed E-state index contributed by atoms with van der Waals surface area (Å²) in [6.45, 7) is 0. The van der Waals surface area contributed by atoms with Crippen molar-refractivity contribution >= 4 is 69.9 Å². The van der Waals surface area contributed by atoms with Crippen LogP contribution in [-0.4, -0.2) is 45.8 Å². The van der Waals surface area contributed by atoms with Crippen LogP contribution in [-0.2, 0) is 30.8 Å². The van der Waals surface area contributed by atoms with Gasteiger partial charge in [-0.1, -0.05) is 76.8 Å². The lowest BCUT2D eigenvalue weighted by Crippen LogP contribution is -2.53. The van der Waals surface area contributed by atoms with Crippen LogP contribution in [0.3, 0.4) is 0 Å². The van der Waals surface area contributed by atoms with Gasteiger partial charge in [0.2, 0.25) is 11.8 Å². The number of anilines is 2. The number of hydrazine groups is 1. The molecule has 2 aliphatic heterocycles. The zero-order chi connectivity index (χ0) is 39.1. The van der Waals surface area contributed by atoms with Gasteiger partial charge in [-0.2, -0.15) is 18.2 Å². The highest BCUT2D eigenvalue weighted by atomic mass is 35.5. The lowest BCUT2D eigenvalue weighted by Gasteiger charge is -2.50. The standard InChI is InChI=1S/C39H28Cl3F3N4O6/c1-55-29-14-18(13-27(41)32(29)50)31-23-11-12-24-30(36(53)48(34(24)51)22-5-3-2-4-6-22)25(23)16-26-35(52)49(37(54)38(26,31)19-7-9-21(40)10-8-19)47-33-28(42)15-20(17-46-33)39(43,44)45/h2-11,13-15,17,24-26,30-31,50H,12,16H2,1H3,(H,46,47). The number of phenols is 1.